The zero-order valence-electron chi connectivity index (χ0n) is 15.3. The van der Waals surface area contributed by atoms with Gasteiger partial charge in [-0.05, 0) is 53.6 Å². The van der Waals surface area contributed by atoms with Gasteiger partial charge in [-0.25, -0.2) is 0 Å². The molecule has 1 unspecified atom stereocenters. The Morgan fingerprint density at radius 2 is 1.88 bits per heavy atom. The monoisotopic (exact) mass is 352 g/mol. The van der Waals surface area contributed by atoms with Crippen molar-refractivity contribution in [3.63, 3.8) is 0 Å². The van der Waals surface area contributed by atoms with Gasteiger partial charge in [0.05, 0.1) is 6.04 Å². The van der Waals surface area contributed by atoms with Gasteiger partial charge in [0.25, 0.3) is 0 Å². The van der Waals surface area contributed by atoms with Crippen LogP contribution in [0.25, 0.3) is 10.9 Å². The SMILES string of the molecule is Cc1cc(C2NCCc3c2[nH]c2ccc(Cl)cc32)cc(C(C)(C)C)c1. The molecule has 0 saturated carbocycles. The van der Waals surface area contributed by atoms with Crippen molar-refractivity contribution in [2.24, 2.45) is 0 Å². The van der Waals surface area contributed by atoms with Gasteiger partial charge in [-0.1, -0.05) is 56.1 Å². The Labute approximate surface area is 154 Å². The maximum atomic E-state index is 6.23. The maximum Gasteiger partial charge on any atom is 0.0732 e. The molecule has 130 valence electrons. The third-order valence-electron chi connectivity index (χ3n) is 5.21. The van der Waals surface area contributed by atoms with E-state index in [4.69, 9.17) is 11.6 Å². The highest BCUT2D eigenvalue weighted by atomic mass is 35.5. The van der Waals surface area contributed by atoms with Crippen molar-refractivity contribution in [3.8, 4) is 0 Å². The second-order valence-corrected chi connectivity index (χ2v) is 8.66. The summed E-state index contributed by atoms with van der Waals surface area (Å²) in [5.41, 5.74) is 8.04. The van der Waals surface area contributed by atoms with Gasteiger partial charge in [0.2, 0.25) is 0 Å². The van der Waals surface area contributed by atoms with Crippen molar-refractivity contribution in [2.75, 3.05) is 6.54 Å². The zero-order valence-corrected chi connectivity index (χ0v) is 16.1. The summed E-state index contributed by atoms with van der Waals surface area (Å²) in [7, 11) is 0. The summed E-state index contributed by atoms with van der Waals surface area (Å²) >= 11 is 6.23. The van der Waals surface area contributed by atoms with Crippen molar-refractivity contribution in [2.45, 2.75) is 45.6 Å². The van der Waals surface area contributed by atoms with Crippen molar-refractivity contribution in [1.82, 2.24) is 10.3 Å². The molecule has 2 nitrogen and oxygen atoms in total. The van der Waals surface area contributed by atoms with E-state index < -0.39 is 0 Å². The number of benzene rings is 2. The molecule has 0 bridgehead atoms. The van der Waals surface area contributed by atoms with Crippen molar-refractivity contribution >= 4 is 22.5 Å². The first kappa shape index (κ1) is 16.7. The van der Waals surface area contributed by atoms with Crippen LogP contribution < -0.4 is 5.32 Å². The summed E-state index contributed by atoms with van der Waals surface area (Å²) in [6.07, 6.45) is 1.03. The molecule has 0 saturated heterocycles. The molecular formula is C22H25ClN2. The van der Waals surface area contributed by atoms with Gasteiger partial charge in [0, 0.05) is 28.2 Å². The molecule has 4 rings (SSSR count). The van der Waals surface area contributed by atoms with Crippen LogP contribution in [0.3, 0.4) is 0 Å². The molecule has 3 aromatic rings. The third-order valence-corrected chi connectivity index (χ3v) is 5.45. The molecule has 1 aliphatic rings. The average molecular weight is 353 g/mol. The minimum atomic E-state index is 0.145. The number of H-pyrrole nitrogens is 1. The summed E-state index contributed by atoms with van der Waals surface area (Å²) in [6.45, 7) is 9.99. The van der Waals surface area contributed by atoms with Crippen molar-refractivity contribution < 1.29 is 0 Å². The van der Waals surface area contributed by atoms with Crippen LogP contribution in [-0.4, -0.2) is 11.5 Å². The molecule has 2 heterocycles. The Hall–Kier alpha value is -1.77. The van der Waals surface area contributed by atoms with E-state index in [9.17, 15) is 0 Å². The minimum Gasteiger partial charge on any atom is -0.357 e. The number of nitrogens with one attached hydrogen (secondary N) is 2. The smallest absolute Gasteiger partial charge is 0.0732 e. The van der Waals surface area contributed by atoms with Gasteiger partial charge in [0.1, 0.15) is 0 Å². The Morgan fingerprint density at radius 1 is 1.08 bits per heavy atom. The van der Waals surface area contributed by atoms with Crippen molar-refractivity contribution in [3.05, 3.63) is 69.4 Å². The number of aromatic nitrogens is 1. The summed E-state index contributed by atoms with van der Waals surface area (Å²) in [5.74, 6) is 0. The fourth-order valence-corrected chi connectivity index (χ4v) is 4.07. The summed E-state index contributed by atoms with van der Waals surface area (Å²) in [4.78, 5) is 3.65. The maximum absolute atomic E-state index is 6.23. The molecule has 0 fully saturated rings. The van der Waals surface area contributed by atoms with E-state index in [-0.39, 0.29) is 11.5 Å². The lowest BCUT2D eigenvalue weighted by molar-refractivity contribution is 0.553. The van der Waals surface area contributed by atoms with Crippen LogP contribution in [0.2, 0.25) is 5.02 Å². The van der Waals surface area contributed by atoms with E-state index in [1.54, 1.807) is 0 Å². The number of hydrogen-bond acceptors (Lipinski definition) is 1. The molecule has 1 aliphatic heterocycles. The van der Waals surface area contributed by atoms with Crippen molar-refractivity contribution in [1.29, 1.82) is 0 Å². The molecule has 0 spiro atoms. The lowest BCUT2D eigenvalue weighted by atomic mass is 9.83. The second kappa shape index (κ2) is 5.89. The molecule has 3 heteroatoms. The lowest BCUT2D eigenvalue weighted by Crippen LogP contribution is -2.30. The fourth-order valence-electron chi connectivity index (χ4n) is 3.90. The largest absolute Gasteiger partial charge is 0.357 e. The molecule has 2 N–H and O–H groups in total. The Morgan fingerprint density at radius 3 is 2.64 bits per heavy atom. The van der Waals surface area contributed by atoms with Crippen LogP contribution in [0.4, 0.5) is 0 Å². The van der Waals surface area contributed by atoms with E-state index in [1.807, 2.05) is 6.07 Å². The van der Waals surface area contributed by atoms with Crippen LogP contribution in [0.15, 0.2) is 36.4 Å². The zero-order chi connectivity index (χ0) is 17.8. The van der Waals surface area contributed by atoms with Gasteiger partial charge in [-0.3, -0.25) is 0 Å². The van der Waals surface area contributed by atoms with Gasteiger partial charge in [-0.2, -0.15) is 0 Å². The topological polar surface area (TPSA) is 27.8 Å². The lowest BCUT2D eigenvalue weighted by Gasteiger charge is -2.27. The number of rotatable bonds is 1. The molecule has 1 atom stereocenters. The first-order valence-corrected chi connectivity index (χ1v) is 9.36. The molecule has 2 aromatic carbocycles. The summed E-state index contributed by atoms with van der Waals surface area (Å²) < 4.78 is 0. The predicted molar refractivity (Wildman–Crippen MR) is 107 cm³/mol. The normalized spacial score (nSPS) is 17.7. The van der Waals surface area contributed by atoms with E-state index in [2.05, 4.69) is 68.3 Å². The molecule has 0 radical (unpaired) electrons. The van der Waals surface area contributed by atoms with E-state index in [1.165, 1.54) is 38.9 Å². The molecule has 0 amide bonds. The second-order valence-electron chi connectivity index (χ2n) is 8.23. The molecule has 1 aromatic heterocycles. The van der Waals surface area contributed by atoms with Gasteiger partial charge in [0.15, 0.2) is 0 Å². The Kier molecular flexibility index (Phi) is 3.93. The molecule has 25 heavy (non-hydrogen) atoms. The average Bonchev–Trinajstić information content (AvgIpc) is 2.91. The first-order chi connectivity index (χ1) is 11.8. The summed E-state index contributed by atoms with van der Waals surface area (Å²) in [5, 5.41) is 5.77. The number of halogens is 1. The standard InChI is InChI=1S/C22H25ClN2/c1-13-9-14(11-15(10-13)22(2,3)4)20-21-17(7-8-24-20)18-12-16(23)5-6-19(18)25-21/h5-6,9-12,20,24-25H,7-8H2,1-4H3. The van der Waals surface area contributed by atoms with E-state index >= 15 is 0 Å². The van der Waals surface area contributed by atoms with Crippen LogP contribution in [0.5, 0.6) is 0 Å². The van der Waals surface area contributed by atoms with Gasteiger partial charge in [-0.15, -0.1) is 0 Å². The first-order valence-electron chi connectivity index (χ1n) is 8.98. The van der Waals surface area contributed by atoms with E-state index in [0.717, 1.165) is 18.0 Å². The van der Waals surface area contributed by atoms with Crippen LogP contribution in [0, 0.1) is 6.92 Å². The van der Waals surface area contributed by atoms with E-state index in [0.29, 0.717) is 0 Å². The third kappa shape index (κ3) is 2.98. The fraction of sp³-hybridized carbons (Fsp3) is 0.364. The van der Waals surface area contributed by atoms with Crippen LogP contribution in [-0.2, 0) is 11.8 Å². The quantitative estimate of drug-likeness (QED) is 0.580. The summed E-state index contributed by atoms with van der Waals surface area (Å²) in [6, 6.07) is 13.3. The minimum absolute atomic E-state index is 0.145. The van der Waals surface area contributed by atoms with Crippen LogP contribution >= 0.6 is 11.6 Å². The van der Waals surface area contributed by atoms with Gasteiger partial charge < -0.3 is 10.3 Å². The number of aryl methyl sites for hydroxylation is 1. The number of hydrogen-bond donors (Lipinski definition) is 2. The number of fused-ring (bicyclic) bond motifs is 3. The van der Waals surface area contributed by atoms with Crippen LogP contribution in [0.1, 0.15) is 54.8 Å². The highest BCUT2D eigenvalue weighted by Gasteiger charge is 2.26. The number of aromatic amines is 1. The highest BCUT2D eigenvalue weighted by molar-refractivity contribution is 6.31. The van der Waals surface area contributed by atoms with Gasteiger partial charge >= 0.3 is 0 Å². The molecule has 0 aliphatic carbocycles. The highest BCUT2D eigenvalue weighted by Crippen LogP contribution is 2.36. The Balaban J connectivity index is 1.87. The molecular weight excluding hydrogens is 328 g/mol. The predicted octanol–water partition coefficient (Wildman–Crippen LogP) is 5.66. The Bertz CT molecular complexity index is 947.